The second-order valence-electron chi connectivity index (χ2n) is 4.20. The Hall–Kier alpha value is -2.13. The van der Waals surface area contributed by atoms with Gasteiger partial charge < -0.3 is 10.7 Å². The number of nitrogens with two attached hydrogens (primary N) is 1. The highest BCUT2D eigenvalue weighted by atomic mass is 35.5. The van der Waals surface area contributed by atoms with Crippen LogP contribution in [0.25, 0.3) is 11.0 Å². The van der Waals surface area contributed by atoms with Crippen LogP contribution in [0.5, 0.6) is 0 Å². The van der Waals surface area contributed by atoms with Crippen molar-refractivity contribution in [2.75, 3.05) is 5.73 Å². The van der Waals surface area contributed by atoms with Crippen molar-refractivity contribution in [3.05, 3.63) is 33.6 Å². The summed E-state index contributed by atoms with van der Waals surface area (Å²) in [6.45, 7) is 0. The number of nitrogens with zero attached hydrogens (tertiary/aromatic N) is 5. The summed E-state index contributed by atoms with van der Waals surface area (Å²) in [6.07, 6.45) is 1.62. The molecule has 0 bridgehead atoms. The lowest BCUT2D eigenvalue weighted by atomic mass is 10.4. The molecule has 3 aromatic heterocycles. The van der Waals surface area contributed by atoms with E-state index in [1.165, 1.54) is 17.8 Å². The van der Waals surface area contributed by atoms with Crippen molar-refractivity contribution in [1.29, 1.82) is 0 Å². The number of thioether (sulfide) groups is 1. The highest BCUT2D eigenvalue weighted by Crippen LogP contribution is 2.22. The van der Waals surface area contributed by atoms with Gasteiger partial charge in [0.15, 0.2) is 10.8 Å². The van der Waals surface area contributed by atoms with Crippen LogP contribution in [0.4, 0.5) is 5.82 Å². The average Bonchev–Trinajstić information content (AvgIpc) is 2.78. The summed E-state index contributed by atoms with van der Waals surface area (Å²) in [7, 11) is 1.78. The number of nitrogens with one attached hydrogen (secondary N) is 1. The predicted octanol–water partition coefficient (Wildman–Crippen LogP) is 0.974. The summed E-state index contributed by atoms with van der Waals surface area (Å²) >= 11 is 7.37. The van der Waals surface area contributed by atoms with E-state index < -0.39 is 0 Å². The molecule has 0 fully saturated rings. The van der Waals surface area contributed by atoms with E-state index in [1.807, 2.05) is 0 Å². The van der Waals surface area contributed by atoms with Crippen LogP contribution in [0.15, 0.2) is 22.2 Å². The van der Waals surface area contributed by atoms with Gasteiger partial charge in [-0.2, -0.15) is 5.10 Å². The van der Waals surface area contributed by atoms with Crippen molar-refractivity contribution in [2.45, 2.75) is 10.9 Å². The smallest absolute Gasteiger partial charge is 0.253 e. The zero-order valence-electron chi connectivity index (χ0n) is 10.9. The van der Waals surface area contributed by atoms with Gasteiger partial charge in [0.25, 0.3) is 5.56 Å². The number of nitrogen functional groups attached to an aromatic ring is 1. The molecule has 0 saturated heterocycles. The summed E-state index contributed by atoms with van der Waals surface area (Å²) < 4.78 is 1.62. The average molecular weight is 324 g/mol. The van der Waals surface area contributed by atoms with Crippen LogP contribution in [0.2, 0.25) is 5.15 Å². The number of halogens is 1. The standard InChI is InChI=1S/C11H10ClN7OS/c1-19-10-5(3-14-19)9(12)16-7(17-10)4-21-11-15-6(13)2-8(20)18-11/h2-3H,4H2,1H3,(H3,13,15,18,20). The molecule has 0 aromatic carbocycles. The minimum atomic E-state index is -0.300. The van der Waals surface area contributed by atoms with Crippen LogP contribution in [0.1, 0.15) is 5.82 Å². The number of rotatable bonds is 3. The van der Waals surface area contributed by atoms with Crippen molar-refractivity contribution in [3.63, 3.8) is 0 Å². The minimum Gasteiger partial charge on any atom is -0.383 e. The first-order chi connectivity index (χ1) is 10.0. The largest absolute Gasteiger partial charge is 0.383 e. The molecule has 21 heavy (non-hydrogen) atoms. The Kier molecular flexibility index (Phi) is 3.52. The molecular weight excluding hydrogens is 314 g/mol. The van der Waals surface area contributed by atoms with Crippen LogP contribution in [0.3, 0.4) is 0 Å². The molecular formula is C11H10ClN7OS. The van der Waals surface area contributed by atoms with E-state index in [9.17, 15) is 4.79 Å². The Labute approximate surface area is 127 Å². The van der Waals surface area contributed by atoms with Gasteiger partial charge in [0.1, 0.15) is 16.8 Å². The van der Waals surface area contributed by atoms with E-state index in [1.54, 1.807) is 17.9 Å². The summed E-state index contributed by atoms with van der Waals surface area (Å²) in [4.78, 5) is 26.5. The summed E-state index contributed by atoms with van der Waals surface area (Å²) in [6, 6.07) is 1.22. The number of fused-ring (bicyclic) bond motifs is 1. The molecule has 0 aliphatic heterocycles. The van der Waals surface area contributed by atoms with Crippen LogP contribution in [0, 0.1) is 0 Å². The maximum absolute atomic E-state index is 11.3. The third kappa shape index (κ3) is 2.83. The molecule has 3 N–H and O–H groups in total. The molecule has 10 heteroatoms. The molecule has 0 aliphatic rings. The molecule has 0 unspecified atom stereocenters. The van der Waals surface area contributed by atoms with Gasteiger partial charge in [-0.3, -0.25) is 9.48 Å². The van der Waals surface area contributed by atoms with Crippen LogP contribution in [-0.4, -0.2) is 29.7 Å². The van der Waals surface area contributed by atoms with E-state index >= 15 is 0 Å². The first-order valence-corrected chi connectivity index (χ1v) is 7.23. The van der Waals surface area contributed by atoms with Gasteiger partial charge in [0.2, 0.25) is 0 Å². The Balaban J connectivity index is 1.88. The highest BCUT2D eigenvalue weighted by molar-refractivity contribution is 7.98. The molecule has 0 aliphatic carbocycles. The van der Waals surface area contributed by atoms with Gasteiger partial charge in [-0.25, -0.2) is 15.0 Å². The predicted molar refractivity (Wildman–Crippen MR) is 80.1 cm³/mol. The lowest BCUT2D eigenvalue weighted by molar-refractivity contribution is 0.782. The molecule has 0 atom stereocenters. The van der Waals surface area contributed by atoms with Crippen LogP contribution >= 0.6 is 23.4 Å². The van der Waals surface area contributed by atoms with Crippen LogP contribution < -0.4 is 11.3 Å². The van der Waals surface area contributed by atoms with Gasteiger partial charge in [0, 0.05) is 13.1 Å². The van der Waals surface area contributed by atoms with Crippen molar-refractivity contribution in [2.24, 2.45) is 7.05 Å². The Morgan fingerprint density at radius 2 is 2.24 bits per heavy atom. The maximum atomic E-state index is 11.3. The Morgan fingerprint density at radius 3 is 3.00 bits per heavy atom. The lowest BCUT2D eigenvalue weighted by Gasteiger charge is -2.03. The first-order valence-electron chi connectivity index (χ1n) is 5.86. The van der Waals surface area contributed by atoms with Crippen molar-refractivity contribution >= 4 is 40.2 Å². The van der Waals surface area contributed by atoms with E-state index in [2.05, 4.69) is 25.0 Å². The van der Waals surface area contributed by atoms with Crippen molar-refractivity contribution < 1.29 is 0 Å². The zero-order chi connectivity index (χ0) is 15.0. The number of hydrogen-bond donors (Lipinski definition) is 2. The van der Waals surface area contributed by atoms with E-state index in [4.69, 9.17) is 17.3 Å². The minimum absolute atomic E-state index is 0.169. The fourth-order valence-corrected chi connectivity index (χ4v) is 2.72. The van der Waals surface area contributed by atoms with Gasteiger partial charge in [-0.1, -0.05) is 23.4 Å². The molecule has 3 heterocycles. The zero-order valence-corrected chi connectivity index (χ0v) is 12.4. The van der Waals surface area contributed by atoms with Gasteiger partial charge in [-0.05, 0) is 0 Å². The number of aromatic amines is 1. The summed E-state index contributed by atoms with van der Waals surface area (Å²) in [5.74, 6) is 1.08. The second-order valence-corrected chi connectivity index (χ2v) is 5.52. The fourth-order valence-electron chi connectivity index (χ4n) is 1.75. The molecule has 0 amide bonds. The topological polar surface area (TPSA) is 115 Å². The third-order valence-corrected chi connectivity index (χ3v) is 3.83. The Morgan fingerprint density at radius 1 is 1.43 bits per heavy atom. The Bertz CT molecular complexity index is 875. The number of anilines is 1. The number of aryl methyl sites for hydroxylation is 1. The fraction of sp³-hybridized carbons (Fsp3) is 0.182. The van der Waals surface area contributed by atoms with E-state index in [0.717, 1.165) is 0 Å². The molecule has 8 nitrogen and oxygen atoms in total. The van der Waals surface area contributed by atoms with Crippen LogP contribution in [-0.2, 0) is 12.8 Å². The van der Waals surface area contributed by atoms with E-state index in [0.29, 0.717) is 32.9 Å². The first kappa shape index (κ1) is 13.8. The van der Waals surface area contributed by atoms with Gasteiger partial charge >= 0.3 is 0 Å². The number of hydrogen-bond acceptors (Lipinski definition) is 7. The SMILES string of the molecule is Cn1ncc2c(Cl)nc(CSc3nc(N)cc(=O)[nH]3)nc21. The molecule has 0 radical (unpaired) electrons. The number of aromatic nitrogens is 6. The summed E-state index contributed by atoms with van der Waals surface area (Å²) in [5, 5.41) is 5.54. The highest BCUT2D eigenvalue weighted by Gasteiger charge is 2.10. The second kappa shape index (κ2) is 5.34. The number of H-pyrrole nitrogens is 1. The summed E-state index contributed by atoms with van der Waals surface area (Å²) in [5.41, 5.74) is 5.88. The molecule has 0 spiro atoms. The van der Waals surface area contributed by atoms with Gasteiger partial charge in [0.05, 0.1) is 17.3 Å². The molecule has 3 aromatic rings. The molecule has 108 valence electrons. The maximum Gasteiger partial charge on any atom is 0.253 e. The monoisotopic (exact) mass is 323 g/mol. The third-order valence-electron chi connectivity index (χ3n) is 2.67. The quantitative estimate of drug-likeness (QED) is 0.419. The van der Waals surface area contributed by atoms with Crippen molar-refractivity contribution in [1.82, 2.24) is 29.7 Å². The normalized spacial score (nSPS) is 11.1. The molecule has 0 saturated carbocycles. The van der Waals surface area contributed by atoms with E-state index in [-0.39, 0.29) is 11.4 Å². The van der Waals surface area contributed by atoms with Crippen molar-refractivity contribution in [3.8, 4) is 0 Å². The van der Waals surface area contributed by atoms with Gasteiger partial charge in [-0.15, -0.1) is 0 Å². The lowest BCUT2D eigenvalue weighted by Crippen LogP contribution is -2.09. The molecule has 3 rings (SSSR count).